The highest BCUT2D eigenvalue weighted by Crippen LogP contribution is 2.38. The van der Waals surface area contributed by atoms with Crippen LogP contribution in [0.15, 0.2) is 53.7 Å². The zero-order valence-corrected chi connectivity index (χ0v) is 18.3. The van der Waals surface area contributed by atoms with Gasteiger partial charge < -0.3 is 11.2 Å². The number of amides is 2. The van der Waals surface area contributed by atoms with Crippen molar-refractivity contribution in [2.45, 2.75) is 23.8 Å². The number of hydrogen-bond acceptors (Lipinski definition) is 6. The highest BCUT2D eigenvalue weighted by molar-refractivity contribution is 7.99. The van der Waals surface area contributed by atoms with Gasteiger partial charge in [-0.25, -0.2) is 4.68 Å². The molecule has 172 valence electrons. The molecule has 8 nitrogen and oxygen atoms in total. The van der Waals surface area contributed by atoms with Gasteiger partial charge in [0.1, 0.15) is 6.04 Å². The molecule has 0 bridgehead atoms. The lowest BCUT2D eigenvalue weighted by Gasteiger charge is -2.31. The SMILES string of the molecule is Nn1c(SCC(=O)N2c3ccccc3NC(=O)CC2C(F)(F)F)nnc1-c1ccccc1Cl. The molecule has 33 heavy (non-hydrogen) atoms. The first-order chi connectivity index (χ1) is 15.7. The number of benzene rings is 2. The minimum absolute atomic E-state index is 0.0396. The number of aromatic nitrogens is 3. The van der Waals surface area contributed by atoms with Gasteiger partial charge in [0.15, 0.2) is 5.82 Å². The maximum atomic E-state index is 13.8. The lowest BCUT2D eigenvalue weighted by atomic mass is 10.1. The van der Waals surface area contributed by atoms with Crippen molar-refractivity contribution in [1.82, 2.24) is 14.9 Å². The molecule has 3 aromatic rings. The number of fused-ring (bicyclic) bond motifs is 1. The zero-order chi connectivity index (χ0) is 23.8. The maximum absolute atomic E-state index is 13.8. The van der Waals surface area contributed by atoms with E-state index in [0.29, 0.717) is 15.5 Å². The quantitative estimate of drug-likeness (QED) is 0.421. The standard InChI is InChI=1S/C20H16ClF3N6O2S/c21-12-6-2-1-5-11(12)18-27-28-19(30(18)25)33-10-17(32)29-14-8-4-3-7-13(14)26-16(31)9-15(29)20(22,23)24/h1-8,15H,9-10,25H2,(H,26,31). The summed E-state index contributed by atoms with van der Waals surface area (Å²) in [6.07, 6.45) is -5.74. The number of rotatable bonds is 4. The molecule has 0 aliphatic carbocycles. The third kappa shape index (κ3) is 4.62. The Hall–Kier alpha value is -3.25. The summed E-state index contributed by atoms with van der Waals surface area (Å²) in [5.74, 6) is 4.15. The second kappa shape index (κ2) is 8.94. The summed E-state index contributed by atoms with van der Waals surface area (Å²) in [7, 11) is 0. The highest BCUT2D eigenvalue weighted by Gasteiger charge is 2.49. The van der Waals surface area contributed by atoms with E-state index in [1.807, 2.05) is 0 Å². The molecule has 1 unspecified atom stereocenters. The van der Waals surface area contributed by atoms with Crippen LogP contribution in [0.1, 0.15) is 6.42 Å². The first-order valence-electron chi connectivity index (χ1n) is 9.52. The van der Waals surface area contributed by atoms with E-state index in [9.17, 15) is 22.8 Å². The fourth-order valence-corrected chi connectivity index (χ4v) is 4.33. The summed E-state index contributed by atoms with van der Waals surface area (Å²) < 4.78 is 42.6. The minimum atomic E-state index is -4.82. The Morgan fingerprint density at radius 1 is 1.18 bits per heavy atom. The van der Waals surface area contributed by atoms with E-state index in [-0.39, 0.29) is 22.4 Å². The molecule has 4 rings (SSSR count). The van der Waals surface area contributed by atoms with Gasteiger partial charge in [0.2, 0.25) is 17.0 Å². The van der Waals surface area contributed by atoms with Crippen LogP contribution in [-0.2, 0) is 9.59 Å². The molecule has 1 aromatic heterocycles. The number of thioether (sulfide) groups is 1. The van der Waals surface area contributed by atoms with Gasteiger partial charge in [0, 0.05) is 5.56 Å². The number of alkyl halides is 3. The Morgan fingerprint density at radius 2 is 1.88 bits per heavy atom. The Bertz CT molecular complexity index is 1220. The van der Waals surface area contributed by atoms with Crippen LogP contribution in [0, 0.1) is 0 Å². The van der Waals surface area contributed by atoms with Crippen LogP contribution in [0.3, 0.4) is 0 Å². The third-order valence-electron chi connectivity index (χ3n) is 4.88. The van der Waals surface area contributed by atoms with Gasteiger partial charge in [-0.05, 0) is 24.3 Å². The van der Waals surface area contributed by atoms with Crippen molar-refractivity contribution in [2.24, 2.45) is 0 Å². The molecule has 0 fully saturated rings. The van der Waals surface area contributed by atoms with Gasteiger partial charge >= 0.3 is 6.18 Å². The van der Waals surface area contributed by atoms with E-state index in [1.165, 1.54) is 18.2 Å². The van der Waals surface area contributed by atoms with Crippen molar-refractivity contribution in [3.05, 3.63) is 53.6 Å². The lowest BCUT2D eigenvalue weighted by Crippen LogP contribution is -2.50. The first-order valence-corrected chi connectivity index (χ1v) is 10.9. The van der Waals surface area contributed by atoms with Crippen molar-refractivity contribution >= 4 is 46.6 Å². The summed E-state index contributed by atoms with van der Waals surface area (Å²) in [6, 6.07) is 10.3. The molecule has 0 spiro atoms. The number of nitrogens with one attached hydrogen (secondary N) is 1. The molecule has 0 radical (unpaired) electrons. The molecule has 0 saturated carbocycles. The van der Waals surface area contributed by atoms with E-state index in [4.69, 9.17) is 17.4 Å². The predicted octanol–water partition coefficient (Wildman–Crippen LogP) is 3.71. The molecule has 2 aromatic carbocycles. The fraction of sp³-hybridized carbons (Fsp3) is 0.200. The monoisotopic (exact) mass is 496 g/mol. The van der Waals surface area contributed by atoms with Crippen LogP contribution in [0.2, 0.25) is 5.02 Å². The third-order valence-corrected chi connectivity index (χ3v) is 6.14. The number of hydrogen-bond donors (Lipinski definition) is 2. The lowest BCUT2D eigenvalue weighted by molar-refractivity contribution is -0.157. The Labute approximate surface area is 194 Å². The van der Waals surface area contributed by atoms with Crippen molar-refractivity contribution < 1.29 is 22.8 Å². The molecule has 2 amide bonds. The zero-order valence-electron chi connectivity index (χ0n) is 16.7. The molecule has 0 saturated heterocycles. The number of carbonyl (C=O) groups is 2. The molecular formula is C20H16ClF3N6O2S. The molecule has 1 aliphatic heterocycles. The first kappa shape index (κ1) is 22.9. The van der Waals surface area contributed by atoms with Crippen LogP contribution in [0.5, 0.6) is 0 Å². The van der Waals surface area contributed by atoms with Gasteiger partial charge in [-0.1, -0.05) is 47.6 Å². The number of carbonyl (C=O) groups excluding carboxylic acids is 2. The summed E-state index contributed by atoms with van der Waals surface area (Å²) in [5.41, 5.74) is 0.591. The van der Waals surface area contributed by atoms with Crippen LogP contribution in [0.4, 0.5) is 24.5 Å². The number of anilines is 2. The Morgan fingerprint density at radius 3 is 2.61 bits per heavy atom. The normalized spacial score (nSPS) is 16.2. The minimum Gasteiger partial charge on any atom is -0.335 e. The number of nitrogen functional groups attached to an aromatic ring is 1. The number of nitrogens with zero attached hydrogens (tertiary/aromatic N) is 4. The van der Waals surface area contributed by atoms with Crippen LogP contribution < -0.4 is 16.1 Å². The maximum Gasteiger partial charge on any atom is 0.409 e. The average Bonchev–Trinajstić information content (AvgIpc) is 3.03. The largest absolute Gasteiger partial charge is 0.409 e. The van der Waals surface area contributed by atoms with Crippen molar-refractivity contribution in [3.63, 3.8) is 0 Å². The predicted molar refractivity (Wildman–Crippen MR) is 118 cm³/mol. The molecular weight excluding hydrogens is 481 g/mol. The van der Waals surface area contributed by atoms with Gasteiger partial charge in [-0.15, -0.1) is 10.2 Å². The van der Waals surface area contributed by atoms with E-state index in [2.05, 4.69) is 15.5 Å². The Kier molecular flexibility index (Phi) is 6.21. The molecule has 3 N–H and O–H groups in total. The van der Waals surface area contributed by atoms with Crippen LogP contribution >= 0.6 is 23.4 Å². The van der Waals surface area contributed by atoms with Crippen molar-refractivity contribution in [1.29, 1.82) is 0 Å². The second-order valence-electron chi connectivity index (χ2n) is 7.04. The molecule has 1 aliphatic rings. The van der Waals surface area contributed by atoms with Gasteiger partial charge in [-0.3, -0.25) is 14.5 Å². The van der Waals surface area contributed by atoms with Crippen molar-refractivity contribution in [3.8, 4) is 11.4 Å². The van der Waals surface area contributed by atoms with Gasteiger partial charge in [0.25, 0.3) is 0 Å². The van der Waals surface area contributed by atoms with Crippen LogP contribution in [-0.4, -0.2) is 44.7 Å². The number of nitrogens with two attached hydrogens (primary N) is 1. The summed E-state index contributed by atoms with van der Waals surface area (Å²) in [6.45, 7) is 0. The Balaban J connectivity index is 1.61. The van der Waals surface area contributed by atoms with E-state index >= 15 is 0 Å². The highest BCUT2D eigenvalue weighted by atomic mass is 35.5. The summed E-state index contributed by atoms with van der Waals surface area (Å²) >= 11 is 6.98. The van der Waals surface area contributed by atoms with Gasteiger partial charge in [-0.2, -0.15) is 13.2 Å². The van der Waals surface area contributed by atoms with E-state index in [0.717, 1.165) is 16.4 Å². The number of para-hydroxylation sites is 2. The summed E-state index contributed by atoms with van der Waals surface area (Å²) in [4.78, 5) is 25.7. The molecule has 2 heterocycles. The topological polar surface area (TPSA) is 106 Å². The van der Waals surface area contributed by atoms with Crippen molar-refractivity contribution in [2.75, 3.05) is 21.8 Å². The van der Waals surface area contributed by atoms with E-state index in [1.54, 1.807) is 30.3 Å². The smallest absolute Gasteiger partial charge is 0.335 e. The molecule has 1 atom stereocenters. The van der Waals surface area contributed by atoms with Gasteiger partial charge in [0.05, 0.1) is 28.6 Å². The second-order valence-corrected chi connectivity index (χ2v) is 8.39. The summed E-state index contributed by atoms with van der Waals surface area (Å²) in [5, 5.41) is 10.8. The fourth-order valence-electron chi connectivity index (χ4n) is 3.39. The number of halogens is 4. The van der Waals surface area contributed by atoms with E-state index < -0.39 is 36.2 Å². The average molecular weight is 497 g/mol. The molecule has 13 heteroatoms. The van der Waals surface area contributed by atoms with Crippen LogP contribution in [0.25, 0.3) is 11.4 Å².